The molecule has 0 bridgehead atoms. The minimum absolute atomic E-state index is 0.0198. The van der Waals surface area contributed by atoms with E-state index in [1.807, 2.05) is 54.6 Å². The van der Waals surface area contributed by atoms with E-state index in [9.17, 15) is 9.59 Å². The van der Waals surface area contributed by atoms with Crippen molar-refractivity contribution in [2.45, 2.75) is 39.0 Å². The van der Waals surface area contributed by atoms with Gasteiger partial charge in [-0.3, -0.25) is 14.5 Å². The van der Waals surface area contributed by atoms with E-state index in [2.05, 4.69) is 13.8 Å². The highest BCUT2D eigenvalue weighted by atomic mass is 16.5. The average Bonchev–Trinajstić information content (AvgIpc) is 2.67. The van der Waals surface area contributed by atoms with E-state index in [-0.39, 0.29) is 29.4 Å². The third-order valence-corrected chi connectivity index (χ3v) is 5.67. The van der Waals surface area contributed by atoms with E-state index >= 15 is 0 Å². The summed E-state index contributed by atoms with van der Waals surface area (Å²) in [5.74, 6) is 0.613. The predicted octanol–water partition coefficient (Wildman–Crippen LogP) is 4.86. The van der Waals surface area contributed by atoms with Gasteiger partial charge in [-0.2, -0.15) is 0 Å². The monoisotopic (exact) mass is 375 g/mol. The molecule has 4 rings (SSSR count). The third-order valence-electron chi connectivity index (χ3n) is 5.67. The summed E-state index contributed by atoms with van der Waals surface area (Å²) < 4.78 is 5.54. The van der Waals surface area contributed by atoms with Gasteiger partial charge in [-0.25, -0.2) is 0 Å². The molecule has 0 saturated heterocycles. The Kier molecular flexibility index (Phi) is 4.58. The molecule has 0 N–H and O–H groups in total. The number of amides is 1. The van der Waals surface area contributed by atoms with Gasteiger partial charge in [0.25, 0.3) is 0 Å². The van der Waals surface area contributed by atoms with Gasteiger partial charge in [-0.05, 0) is 30.0 Å². The van der Waals surface area contributed by atoms with Crippen LogP contribution in [0.4, 0.5) is 5.69 Å². The number of ketones is 1. The van der Waals surface area contributed by atoms with Crippen LogP contribution in [-0.4, -0.2) is 18.8 Å². The highest BCUT2D eigenvalue weighted by Crippen LogP contribution is 2.49. The largest absolute Gasteiger partial charge is 0.496 e. The Hall–Kier alpha value is -2.88. The molecule has 2 aliphatic rings. The summed E-state index contributed by atoms with van der Waals surface area (Å²) in [5, 5.41) is 0. The fraction of sp³-hybridized carbons (Fsp3) is 0.333. The Morgan fingerprint density at radius 1 is 0.964 bits per heavy atom. The minimum Gasteiger partial charge on any atom is -0.496 e. The van der Waals surface area contributed by atoms with Crippen molar-refractivity contribution in [3.8, 4) is 5.75 Å². The van der Waals surface area contributed by atoms with Crippen LogP contribution < -0.4 is 9.64 Å². The summed E-state index contributed by atoms with van der Waals surface area (Å²) >= 11 is 0. The van der Waals surface area contributed by atoms with E-state index in [4.69, 9.17) is 4.74 Å². The molecular weight excluding hydrogens is 350 g/mol. The third kappa shape index (κ3) is 3.13. The summed E-state index contributed by atoms with van der Waals surface area (Å²) in [6.07, 6.45) is 1.45. The van der Waals surface area contributed by atoms with Crippen molar-refractivity contribution in [2.75, 3.05) is 12.0 Å². The summed E-state index contributed by atoms with van der Waals surface area (Å²) in [6, 6.07) is 17.3. The molecule has 1 heterocycles. The number of carbonyl (C=O) groups is 2. The van der Waals surface area contributed by atoms with E-state index in [0.717, 1.165) is 28.3 Å². The Balaban J connectivity index is 1.92. The van der Waals surface area contributed by atoms with Crippen molar-refractivity contribution in [2.24, 2.45) is 5.41 Å². The Morgan fingerprint density at radius 3 is 2.36 bits per heavy atom. The van der Waals surface area contributed by atoms with Gasteiger partial charge in [0.05, 0.1) is 7.11 Å². The first kappa shape index (κ1) is 18.5. The number of Topliss-reactive ketones (excluding diaryl/α,β-unsaturated/α-hetero) is 1. The number of benzene rings is 2. The lowest BCUT2D eigenvalue weighted by molar-refractivity contribution is -0.121. The Labute approximate surface area is 165 Å². The highest BCUT2D eigenvalue weighted by molar-refractivity contribution is 6.07. The van der Waals surface area contributed by atoms with Crippen LogP contribution in [0.5, 0.6) is 5.75 Å². The predicted molar refractivity (Wildman–Crippen MR) is 109 cm³/mol. The number of methoxy groups -OCH3 is 1. The van der Waals surface area contributed by atoms with Crippen molar-refractivity contribution >= 4 is 17.4 Å². The van der Waals surface area contributed by atoms with Crippen LogP contribution in [0.15, 0.2) is 65.9 Å². The molecule has 0 saturated carbocycles. The van der Waals surface area contributed by atoms with Gasteiger partial charge >= 0.3 is 0 Å². The lowest BCUT2D eigenvalue weighted by Crippen LogP contribution is -2.43. The molecule has 1 atom stereocenters. The lowest BCUT2D eigenvalue weighted by atomic mass is 9.69. The number of hydrogen-bond acceptors (Lipinski definition) is 3. The van der Waals surface area contributed by atoms with Crippen LogP contribution in [0.3, 0.4) is 0 Å². The molecule has 28 heavy (non-hydrogen) atoms. The molecule has 0 aromatic heterocycles. The minimum atomic E-state index is -0.262. The SMILES string of the molecule is COc1ccccc1C1CC(=O)N(c2ccccc2)C2=C1C(=O)CC(C)(C)C2. The molecule has 2 aromatic rings. The number of hydrogen-bond donors (Lipinski definition) is 0. The molecule has 144 valence electrons. The van der Waals surface area contributed by atoms with Gasteiger partial charge in [-0.15, -0.1) is 0 Å². The fourth-order valence-electron chi connectivity index (χ4n) is 4.51. The molecule has 1 unspecified atom stereocenters. The van der Waals surface area contributed by atoms with E-state index in [1.54, 1.807) is 12.0 Å². The zero-order valence-corrected chi connectivity index (χ0v) is 16.6. The molecule has 0 fully saturated rings. The van der Waals surface area contributed by atoms with Crippen molar-refractivity contribution in [1.29, 1.82) is 0 Å². The smallest absolute Gasteiger partial charge is 0.232 e. The van der Waals surface area contributed by atoms with Crippen molar-refractivity contribution in [3.05, 3.63) is 71.4 Å². The van der Waals surface area contributed by atoms with Gasteiger partial charge in [0.15, 0.2) is 5.78 Å². The van der Waals surface area contributed by atoms with Gasteiger partial charge in [0.1, 0.15) is 5.75 Å². The molecule has 4 nitrogen and oxygen atoms in total. The number of para-hydroxylation sites is 2. The van der Waals surface area contributed by atoms with Crippen LogP contribution in [0.25, 0.3) is 0 Å². The maximum atomic E-state index is 13.3. The van der Waals surface area contributed by atoms with E-state index < -0.39 is 0 Å². The van der Waals surface area contributed by atoms with Crippen LogP contribution in [-0.2, 0) is 9.59 Å². The second kappa shape index (κ2) is 6.93. The van der Waals surface area contributed by atoms with Crippen molar-refractivity contribution in [3.63, 3.8) is 0 Å². The number of allylic oxidation sites excluding steroid dienone is 2. The zero-order valence-electron chi connectivity index (χ0n) is 16.6. The maximum Gasteiger partial charge on any atom is 0.232 e. The van der Waals surface area contributed by atoms with Crippen molar-refractivity contribution < 1.29 is 14.3 Å². The van der Waals surface area contributed by atoms with Gasteiger partial charge in [0.2, 0.25) is 5.91 Å². The Bertz CT molecular complexity index is 959. The fourth-order valence-corrected chi connectivity index (χ4v) is 4.51. The zero-order chi connectivity index (χ0) is 19.9. The first-order valence-electron chi connectivity index (χ1n) is 9.68. The van der Waals surface area contributed by atoms with E-state index in [0.29, 0.717) is 12.8 Å². The average molecular weight is 375 g/mol. The number of anilines is 1. The summed E-state index contributed by atoms with van der Waals surface area (Å²) in [4.78, 5) is 28.3. The van der Waals surface area contributed by atoms with Gasteiger partial charge < -0.3 is 4.74 Å². The van der Waals surface area contributed by atoms with Crippen LogP contribution in [0, 0.1) is 5.41 Å². The molecule has 0 radical (unpaired) electrons. The number of ether oxygens (including phenoxy) is 1. The molecule has 2 aromatic carbocycles. The van der Waals surface area contributed by atoms with Crippen LogP contribution in [0.2, 0.25) is 0 Å². The second-order valence-electron chi connectivity index (χ2n) is 8.36. The van der Waals surface area contributed by atoms with E-state index in [1.165, 1.54) is 0 Å². The molecule has 1 aliphatic carbocycles. The molecule has 1 amide bonds. The quantitative estimate of drug-likeness (QED) is 0.770. The molecule has 4 heteroatoms. The number of carbonyl (C=O) groups excluding carboxylic acids is 2. The second-order valence-corrected chi connectivity index (χ2v) is 8.36. The molecule has 1 aliphatic heterocycles. The maximum absolute atomic E-state index is 13.3. The summed E-state index contributed by atoms with van der Waals surface area (Å²) in [7, 11) is 1.63. The number of rotatable bonds is 3. The van der Waals surface area contributed by atoms with Crippen LogP contribution in [0.1, 0.15) is 44.6 Å². The highest BCUT2D eigenvalue weighted by Gasteiger charge is 2.44. The normalized spacial score (nSPS) is 21.5. The summed E-state index contributed by atoms with van der Waals surface area (Å²) in [5.41, 5.74) is 3.17. The summed E-state index contributed by atoms with van der Waals surface area (Å²) in [6.45, 7) is 4.18. The van der Waals surface area contributed by atoms with Crippen LogP contribution >= 0.6 is 0 Å². The topological polar surface area (TPSA) is 46.6 Å². The standard InChI is InChI=1S/C24H25NO3/c1-24(2)14-19-23(20(26)15-24)18(17-11-7-8-12-21(17)28-3)13-22(27)25(19)16-9-5-4-6-10-16/h4-12,18H,13-15H2,1-3H3. The number of nitrogens with zero attached hydrogens (tertiary/aromatic N) is 1. The van der Waals surface area contributed by atoms with Gasteiger partial charge in [0, 0.05) is 41.3 Å². The van der Waals surface area contributed by atoms with Crippen molar-refractivity contribution in [1.82, 2.24) is 0 Å². The first-order valence-corrected chi connectivity index (χ1v) is 9.68. The first-order chi connectivity index (χ1) is 13.4. The lowest BCUT2D eigenvalue weighted by Gasteiger charge is -2.43. The molecule has 0 spiro atoms. The Morgan fingerprint density at radius 2 is 1.64 bits per heavy atom. The van der Waals surface area contributed by atoms with Gasteiger partial charge in [-0.1, -0.05) is 50.2 Å². The molecular formula is C24H25NO3.